The van der Waals surface area contributed by atoms with Crippen LogP contribution < -0.4 is 0 Å². The number of carboxylic acid groups (broad SMARTS) is 2. The van der Waals surface area contributed by atoms with Gasteiger partial charge in [-0.1, -0.05) is 18.2 Å². The van der Waals surface area contributed by atoms with Crippen LogP contribution >= 0.6 is 0 Å². The summed E-state index contributed by atoms with van der Waals surface area (Å²) in [6.07, 6.45) is 5.29. The molecule has 1 radical (unpaired) electrons. The third-order valence-corrected chi connectivity index (χ3v) is 3.12. The Balaban J connectivity index is 2.29. The molecule has 0 aliphatic heterocycles. The molecule has 0 bridgehead atoms. The predicted molar refractivity (Wildman–Crippen MR) is 75.7 cm³/mol. The normalized spacial score (nSPS) is 10.4. The van der Waals surface area contributed by atoms with Crippen LogP contribution in [0.15, 0.2) is 18.2 Å². The third kappa shape index (κ3) is 7.56. The minimum atomic E-state index is -0.747. The molecule has 0 atom stereocenters. The van der Waals surface area contributed by atoms with E-state index < -0.39 is 11.9 Å². The molecule has 0 amide bonds. The summed E-state index contributed by atoms with van der Waals surface area (Å²) in [5, 5.41) is 17.1. The molecule has 0 saturated heterocycles. The molecule has 1 rings (SSSR count). The molecular weight excluding hydrogens is 256 g/mol. The molecule has 0 aliphatic carbocycles. The Morgan fingerprint density at radius 1 is 0.850 bits per heavy atom. The Hall–Kier alpha value is -1.84. The number of benzene rings is 1. The molecule has 0 spiro atoms. The van der Waals surface area contributed by atoms with E-state index in [0.29, 0.717) is 12.8 Å². The summed E-state index contributed by atoms with van der Waals surface area (Å²) in [5.41, 5.74) is 2.34. The molecule has 4 heteroatoms. The van der Waals surface area contributed by atoms with Crippen LogP contribution in [0.4, 0.5) is 0 Å². The lowest BCUT2D eigenvalue weighted by molar-refractivity contribution is -0.138. The van der Waals surface area contributed by atoms with Gasteiger partial charge < -0.3 is 10.2 Å². The van der Waals surface area contributed by atoms with E-state index in [1.54, 1.807) is 0 Å². The van der Waals surface area contributed by atoms with Crippen molar-refractivity contribution in [3.63, 3.8) is 0 Å². The summed E-state index contributed by atoms with van der Waals surface area (Å²) in [7, 11) is 0. The molecule has 20 heavy (non-hydrogen) atoms. The molecule has 0 aromatic heterocycles. The molecule has 0 unspecified atom stereocenters. The fraction of sp³-hybridized carbons (Fsp3) is 0.500. The van der Waals surface area contributed by atoms with Gasteiger partial charge in [-0.25, -0.2) is 0 Å². The van der Waals surface area contributed by atoms with Crippen molar-refractivity contribution in [3.05, 3.63) is 35.4 Å². The lowest BCUT2D eigenvalue weighted by atomic mass is 10.0. The summed E-state index contributed by atoms with van der Waals surface area (Å²) in [5.74, 6) is -1.49. The van der Waals surface area contributed by atoms with Gasteiger partial charge in [0.25, 0.3) is 0 Å². The number of unbranched alkanes of at least 4 members (excludes halogenated alkanes) is 2. The number of rotatable bonds is 10. The number of hydrogen-bond acceptors (Lipinski definition) is 2. The van der Waals surface area contributed by atoms with Gasteiger partial charge in [0.15, 0.2) is 0 Å². The molecule has 0 aliphatic rings. The molecule has 1 aromatic carbocycles. The Bertz CT molecular complexity index is 403. The van der Waals surface area contributed by atoms with Crippen LogP contribution in [-0.2, 0) is 22.4 Å². The quantitative estimate of drug-likeness (QED) is 0.644. The highest BCUT2D eigenvalue weighted by molar-refractivity contribution is 5.66. The average Bonchev–Trinajstić information content (AvgIpc) is 2.40. The van der Waals surface area contributed by atoms with E-state index in [-0.39, 0.29) is 12.8 Å². The van der Waals surface area contributed by atoms with Crippen molar-refractivity contribution in [1.82, 2.24) is 0 Å². The number of aliphatic carboxylic acids is 2. The van der Waals surface area contributed by atoms with Gasteiger partial charge in [-0.05, 0) is 55.7 Å². The largest absolute Gasteiger partial charge is 0.481 e. The minimum absolute atomic E-state index is 0.221. The second-order valence-corrected chi connectivity index (χ2v) is 4.95. The average molecular weight is 277 g/mol. The second kappa shape index (κ2) is 9.13. The van der Waals surface area contributed by atoms with Gasteiger partial charge in [0.2, 0.25) is 0 Å². The van der Waals surface area contributed by atoms with Gasteiger partial charge in [-0.15, -0.1) is 0 Å². The van der Waals surface area contributed by atoms with Crippen molar-refractivity contribution in [1.29, 1.82) is 0 Å². The maximum atomic E-state index is 10.4. The summed E-state index contributed by atoms with van der Waals surface area (Å²) in [4.78, 5) is 20.8. The lowest BCUT2D eigenvalue weighted by Gasteiger charge is -2.05. The zero-order chi connectivity index (χ0) is 14.8. The monoisotopic (exact) mass is 277 g/mol. The molecule has 0 heterocycles. The Morgan fingerprint density at radius 2 is 1.30 bits per heavy atom. The van der Waals surface area contributed by atoms with E-state index in [1.807, 2.05) is 12.1 Å². The van der Waals surface area contributed by atoms with Crippen molar-refractivity contribution >= 4 is 11.9 Å². The summed E-state index contributed by atoms with van der Waals surface area (Å²) in [6.45, 7) is 0. The first-order valence-corrected chi connectivity index (χ1v) is 7.00. The topological polar surface area (TPSA) is 74.6 Å². The van der Waals surface area contributed by atoms with Gasteiger partial charge in [0, 0.05) is 12.8 Å². The Morgan fingerprint density at radius 3 is 1.70 bits per heavy atom. The van der Waals surface area contributed by atoms with Gasteiger partial charge in [-0.3, -0.25) is 9.59 Å². The first-order chi connectivity index (χ1) is 9.58. The van der Waals surface area contributed by atoms with Crippen LogP contribution in [0.3, 0.4) is 0 Å². The van der Waals surface area contributed by atoms with Crippen LogP contribution in [0.1, 0.15) is 49.7 Å². The van der Waals surface area contributed by atoms with E-state index in [0.717, 1.165) is 25.7 Å². The molecular formula is C16H21O4. The molecule has 1 aromatic rings. The zero-order valence-corrected chi connectivity index (χ0v) is 11.6. The van der Waals surface area contributed by atoms with Crippen LogP contribution in [0.25, 0.3) is 0 Å². The van der Waals surface area contributed by atoms with Crippen LogP contribution in [0.5, 0.6) is 0 Å². The van der Waals surface area contributed by atoms with Crippen molar-refractivity contribution in [2.24, 2.45) is 0 Å². The number of carboxylic acids is 2. The Kier molecular flexibility index (Phi) is 7.40. The highest BCUT2D eigenvalue weighted by atomic mass is 16.4. The first-order valence-electron chi connectivity index (χ1n) is 7.00. The molecule has 2 N–H and O–H groups in total. The fourth-order valence-corrected chi connectivity index (χ4v) is 2.08. The maximum absolute atomic E-state index is 10.4. The van der Waals surface area contributed by atoms with Crippen LogP contribution in [-0.4, -0.2) is 22.2 Å². The van der Waals surface area contributed by atoms with E-state index in [4.69, 9.17) is 10.2 Å². The number of hydrogen-bond donors (Lipinski definition) is 2. The smallest absolute Gasteiger partial charge is 0.303 e. The summed E-state index contributed by atoms with van der Waals surface area (Å²) >= 11 is 0. The number of carbonyl (C=O) groups is 2. The number of aryl methyl sites for hydroxylation is 2. The van der Waals surface area contributed by atoms with Crippen molar-refractivity contribution in [3.8, 4) is 0 Å². The summed E-state index contributed by atoms with van der Waals surface area (Å²) < 4.78 is 0. The predicted octanol–water partition coefficient (Wildman–Crippen LogP) is 3.08. The Labute approximate surface area is 119 Å². The summed E-state index contributed by atoms with van der Waals surface area (Å²) in [6, 6.07) is 9.07. The lowest BCUT2D eigenvalue weighted by Crippen LogP contribution is -1.96. The zero-order valence-electron chi connectivity index (χ0n) is 11.6. The minimum Gasteiger partial charge on any atom is -0.481 e. The molecule has 0 fully saturated rings. The van der Waals surface area contributed by atoms with Gasteiger partial charge >= 0.3 is 11.9 Å². The maximum Gasteiger partial charge on any atom is 0.303 e. The molecule has 4 nitrogen and oxygen atoms in total. The molecule has 0 saturated carbocycles. The van der Waals surface area contributed by atoms with E-state index >= 15 is 0 Å². The highest BCUT2D eigenvalue weighted by Gasteiger charge is 2.01. The second-order valence-electron chi connectivity index (χ2n) is 4.95. The molecule has 109 valence electrons. The van der Waals surface area contributed by atoms with Gasteiger partial charge in [-0.2, -0.15) is 0 Å². The van der Waals surface area contributed by atoms with Crippen LogP contribution in [0, 0.1) is 6.07 Å². The SMILES string of the molecule is O=C(O)CCCCc1c[c]cc(CCCCC(=O)O)c1. The van der Waals surface area contributed by atoms with Crippen LogP contribution in [0.2, 0.25) is 0 Å². The van der Waals surface area contributed by atoms with E-state index in [9.17, 15) is 9.59 Å². The van der Waals surface area contributed by atoms with Gasteiger partial charge in [0.1, 0.15) is 0 Å². The standard InChI is InChI=1S/C16H21O4/c17-15(18)10-3-1-6-13-8-5-9-14(12-13)7-2-4-11-16(19)20/h8-9,12H,1-4,6-7,10-11H2,(H,17,18)(H,19,20). The van der Waals surface area contributed by atoms with E-state index in [2.05, 4.69) is 12.1 Å². The first kappa shape index (κ1) is 16.2. The highest BCUT2D eigenvalue weighted by Crippen LogP contribution is 2.12. The van der Waals surface area contributed by atoms with Gasteiger partial charge in [0.05, 0.1) is 0 Å². The van der Waals surface area contributed by atoms with E-state index in [1.165, 1.54) is 11.1 Å². The van der Waals surface area contributed by atoms with Crippen molar-refractivity contribution < 1.29 is 19.8 Å². The van der Waals surface area contributed by atoms with Crippen molar-refractivity contribution in [2.45, 2.75) is 51.4 Å². The third-order valence-electron chi connectivity index (χ3n) is 3.12. The van der Waals surface area contributed by atoms with Crippen molar-refractivity contribution in [2.75, 3.05) is 0 Å². The fourth-order valence-electron chi connectivity index (χ4n) is 2.08.